The third-order valence-corrected chi connectivity index (χ3v) is 5.63. The summed E-state index contributed by atoms with van der Waals surface area (Å²) in [7, 11) is 0. The van der Waals surface area contributed by atoms with E-state index in [4.69, 9.17) is 0 Å². The highest BCUT2D eigenvalue weighted by molar-refractivity contribution is 7.16. The summed E-state index contributed by atoms with van der Waals surface area (Å²) in [6.45, 7) is 4.51. The van der Waals surface area contributed by atoms with E-state index in [0.29, 0.717) is 6.42 Å². The van der Waals surface area contributed by atoms with Crippen molar-refractivity contribution in [1.82, 2.24) is 4.98 Å². The molecule has 0 aromatic carbocycles. The van der Waals surface area contributed by atoms with Crippen molar-refractivity contribution in [2.45, 2.75) is 51.9 Å². The molecule has 0 radical (unpaired) electrons. The smallest absolute Gasteiger partial charge is 0.186 e. The molecule has 3 nitrogen and oxygen atoms in total. The van der Waals surface area contributed by atoms with Crippen LogP contribution in [0.25, 0.3) is 0 Å². The lowest BCUT2D eigenvalue weighted by atomic mass is 9.98. The number of thiazole rings is 1. The van der Waals surface area contributed by atoms with Crippen LogP contribution in [0.1, 0.15) is 60.8 Å². The fraction of sp³-hybridized carbons (Fsp3) is 0.733. The van der Waals surface area contributed by atoms with Crippen molar-refractivity contribution >= 4 is 22.3 Å². The van der Waals surface area contributed by atoms with Crippen LogP contribution >= 0.6 is 11.3 Å². The highest BCUT2D eigenvalue weighted by atomic mass is 32.1. The molecule has 1 aliphatic heterocycles. The average Bonchev–Trinajstić information content (AvgIpc) is 2.71. The second-order valence-corrected chi connectivity index (χ2v) is 6.80. The molecule has 0 saturated carbocycles. The maximum atomic E-state index is 11.9. The Labute approximate surface area is 119 Å². The number of Topliss-reactive ketones (excluding diaryl/α,β-unsaturated/α-hetero) is 1. The topological polar surface area (TPSA) is 33.2 Å². The molecule has 2 aliphatic rings. The molecule has 2 heterocycles. The fourth-order valence-electron chi connectivity index (χ4n) is 3.15. The van der Waals surface area contributed by atoms with Gasteiger partial charge in [-0.2, -0.15) is 0 Å². The first-order chi connectivity index (χ1) is 9.28. The number of anilines is 1. The van der Waals surface area contributed by atoms with Crippen molar-refractivity contribution in [3.8, 4) is 0 Å². The molecule has 4 heteroatoms. The predicted molar refractivity (Wildman–Crippen MR) is 79.2 cm³/mol. The van der Waals surface area contributed by atoms with Gasteiger partial charge in [-0.15, -0.1) is 11.3 Å². The van der Waals surface area contributed by atoms with Gasteiger partial charge < -0.3 is 4.90 Å². The van der Waals surface area contributed by atoms with E-state index >= 15 is 0 Å². The number of carbonyl (C=O) groups is 1. The van der Waals surface area contributed by atoms with E-state index in [0.717, 1.165) is 42.7 Å². The average molecular weight is 278 g/mol. The Hall–Kier alpha value is -0.900. The van der Waals surface area contributed by atoms with E-state index in [2.05, 4.69) is 16.8 Å². The number of nitrogens with zero attached hydrogens (tertiary/aromatic N) is 2. The summed E-state index contributed by atoms with van der Waals surface area (Å²) in [5.41, 5.74) is 0.780. The van der Waals surface area contributed by atoms with Crippen LogP contribution in [0.3, 0.4) is 0 Å². The second-order valence-electron chi connectivity index (χ2n) is 5.74. The molecule has 0 spiro atoms. The molecule has 1 atom stereocenters. The zero-order valence-corrected chi connectivity index (χ0v) is 12.5. The summed E-state index contributed by atoms with van der Waals surface area (Å²) >= 11 is 1.76. The summed E-state index contributed by atoms with van der Waals surface area (Å²) < 4.78 is 0. The van der Waals surface area contributed by atoms with Gasteiger partial charge in [0.25, 0.3) is 0 Å². The van der Waals surface area contributed by atoms with Crippen molar-refractivity contribution in [1.29, 1.82) is 0 Å². The number of aryl methyl sites for hydroxylation is 1. The molecule has 1 unspecified atom stereocenters. The van der Waals surface area contributed by atoms with Crippen LogP contribution in [0.15, 0.2) is 0 Å². The Kier molecular flexibility index (Phi) is 3.87. The molecule has 1 saturated heterocycles. The van der Waals surface area contributed by atoms with E-state index in [9.17, 15) is 4.79 Å². The van der Waals surface area contributed by atoms with Gasteiger partial charge in [-0.1, -0.05) is 13.3 Å². The first-order valence-electron chi connectivity index (χ1n) is 7.55. The first-order valence-corrected chi connectivity index (χ1v) is 8.37. The van der Waals surface area contributed by atoms with Crippen molar-refractivity contribution in [3.05, 3.63) is 10.6 Å². The fourth-order valence-corrected chi connectivity index (χ4v) is 4.33. The number of ketones is 1. The number of rotatable bonds is 2. The molecule has 3 rings (SSSR count). The van der Waals surface area contributed by atoms with E-state index < -0.39 is 0 Å². The van der Waals surface area contributed by atoms with Crippen LogP contribution in [0, 0.1) is 5.92 Å². The normalized spacial score (nSPS) is 24.2. The predicted octanol–water partition coefficient (Wildman–Crippen LogP) is 3.68. The number of hydrogen-bond donors (Lipinski definition) is 0. The molecule has 0 bridgehead atoms. The van der Waals surface area contributed by atoms with Crippen LogP contribution in [-0.4, -0.2) is 23.9 Å². The van der Waals surface area contributed by atoms with Crippen LogP contribution in [0.2, 0.25) is 0 Å². The lowest BCUT2D eigenvalue weighted by Gasteiger charge is -2.19. The number of aromatic nitrogens is 1. The summed E-state index contributed by atoms with van der Waals surface area (Å²) in [4.78, 5) is 20.1. The molecule has 1 aromatic rings. The minimum absolute atomic E-state index is 0.255. The molecular formula is C15H22N2OS. The van der Waals surface area contributed by atoms with Crippen molar-refractivity contribution < 1.29 is 4.79 Å². The van der Waals surface area contributed by atoms with Gasteiger partial charge in [0.2, 0.25) is 0 Å². The summed E-state index contributed by atoms with van der Waals surface area (Å²) in [5.74, 6) is 1.13. The third-order valence-electron chi connectivity index (χ3n) is 4.45. The quantitative estimate of drug-likeness (QED) is 0.827. The molecule has 1 aliphatic carbocycles. The highest BCUT2D eigenvalue weighted by Gasteiger charge is 2.25. The molecular weight excluding hydrogens is 256 g/mol. The molecule has 0 N–H and O–H groups in total. The third kappa shape index (κ3) is 2.69. The van der Waals surface area contributed by atoms with E-state index in [1.165, 1.54) is 30.6 Å². The molecule has 1 aromatic heterocycles. The lowest BCUT2D eigenvalue weighted by Crippen LogP contribution is -2.24. The van der Waals surface area contributed by atoms with Gasteiger partial charge in [0.15, 0.2) is 10.9 Å². The van der Waals surface area contributed by atoms with E-state index in [-0.39, 0.29) is 5.78 Å². The molecule has 0 amide bonds. The monoisotopic (exact) mass is 278 g/mol. The Morgan fingerprint density at radius 3 is 2.95 bits per heavy atom. The number of carbonyl (C=O) groups excluding carboxylic acids is 1. The standard InChI is InChI=1S/C15H22N2OS/c1-2-11-5-4-9-17(10-8-11)15-16-14-12(18)6-3-7-13(14)19-15/h11H,2-10H2,1H3. The van der Waals surface area contributed by atoms with E-state index in [1.54, 1.807) is 11.3 Å². The van der Waals surface area contributed by atoms with Gasteiger partial charge in [-0.25, -0.2) is 4.98 Å². The molecule has 104 valence electrons. The summed E-state index contributed by atoms with van der Waals surface area (Å²) in [5, 5.41) is 1.09. The van der Waals surface area contributed by atoms with E-state index in [1.807, 2.05) is 0 Å². The summed E-state index contributed by atoms with van der Waals surface area (Å²) in [6.07, 6.45) is 7.91. The van der Waals surface area contributed by atoms with Gasteiger partial charge in [-0.05, 0) is 38.0 Å². The maximum absolute atomic E-state index is 11.9. The second kappa shape index (κ2) is 5.61. The summed E-state index contributed by atoms with van der Waals surface area (Å²) in [6, 6.07) is 0. The first kappa shape index (κ1) is 13.1. The Bertz CT molecular complexity index is 469. The molecule has 1 fully saturated rings. The SMILES string of the molecule is CCC1CCCN(c2nc3c(s2)CCCC3=O)CC1. The van der Waals surface area contributed by atoms with Crippen molar-refractivity contribution in [2.24, 2.45) is 5.92 Å². The molecule has 19 heavy (non-hydrogen) atoms. The van der Waals surface area contributed by atoms with Gasteiger partial charge >= 0.3 is 0 Å². The van der Waals surface area contributed by atoms with Crippen LogP contribution in [0.4, 0.5) is 5.13 Å². The van der Waals surface area contributed by atoms with Gasteiger partial charge in [-0.3, -0.25) is 4.79 Å². The highest BCUT2D eigenvalue weighted by Crippen LogP contribution is 2.33. The largest absolute Gasteiger partial charge is 0.348 e. The van der Waals surface area contributed by atoms with Crippen molar-refractivity contribution in [2.75, 3.05) is 18.0 Å². The number of hydrogen-bond acceptors (Lipinski definition) is 4. The van der Waals surface area contributed by atoms with Gasteiger partial charge in [0.1, 0.15) is 5.69 Å². The Balaban J connectivity index is 1.77. The number of fused-ring (bicyclic) bond motifs is 1. The lowest BCUT2D eigenvalue weighted by molar-refractivity contribution is 0.0968. The Morgan fingerprint density at radius 1 is 1.26 bits per heavy atom. The zero-order chi connectivity index (χ0) is 13.2. The van der Waals surface area contributed by atoms with Crippen LogP contribution in [0.5, 0.6) is 0 Å². The van der Waals surface area contributed by atoms with Crippen LogP contribution in [-0.2, 0) is 6.42 Å². The Morgan fingerprint density at radius 2 is 2.16 bits per heavy atom. The van der Waals surface area contributed by atoms with Gasteiger partial charge in [0, 0.05) is 24.4 Å². The minimum atomic E-state index is 0.255. The van der Waals surface area contributed by atoms with Crippen LogP contribution < -0.4 is 4.90 Å². The minimum Gasteiger partial charge on any atom is -0.348 e. The van der Waals surface area contributed by atoms with Crippen molar-refractivity contribution in [3.63, 3.8) is 0 Å². The maximum Gasteiger partial charge on any atom is 0.186 e. The van der Waals surface area contributed by atoms with Gasteiger partial charge in [0.05, 0.1) is 0 Å². The zero-order valence-electron chi connectivity index (χ0n) is 11.7.